The van der Waals surface area contributed by atoms with Gasteiger partial charge in [0.15, 0.2) is 0 Å². The van der Waals surface area contributed by atoms with E-state index < -0.39 is 0 Å². The fourth-order valence-corrected chi connectivity index (χ4v) is 10.2. The Bertz CT molecular complexity index is 893. The summed E-state index contributed by atoms with van der Waals surface area (Å²) in [5.41, 5.74) is 6.43. The van der Waals surface area contributed by atoms with Crippen LogP contribution in [-0.2, 0) is 9.53 Å². The first-order chi connectivity index (χ1) is 16.3. The number of ether oxygens (including phenoxy) is 1. The minimum absolute atomic E-state index is 0.0371. The zero-order valence-electron chi connectivity index (χ0n) is 24.5. The summed E-state index contributed by atoms with van der Waals surface area (Å²) in [5.74, 6) is 2.13. The lowest BCUT2D eigenvalue weighted by atomic mass is 9.43. The van der Waals surface area contributed by atoms with Crippen LogP contribution in [0.4, 0.5) is 0 Å². The first-order valence-electron chi connectivity index (χ1n) is 14.9. The van der Waals surface area contributed by atoms with E-state index in [-0.39, 0.29) is 22.9 Å². The zero-order valence-corrected chi connectivity index (χ0v) is 24.5. The van der Waals surface area contributed by atoms with Gasteiger partial charge in [-0.25, -0.2) is 0 Å². The molecule has 0 aliphatic heterocycles. The van der Waals surface area contributed by atoms with E-state index in [4.69, 9.17) is 4.74 Å². The van der Waals surface area contributed by atoms with Crippen molar-refractivity contribution in [2.75, 3.05) is 0 Å². The molecular formula is C33H54O2. The zero-order chi connectivity index (χ0) is 25.8. The fraction of sp³-hybridized carbons (Fsp3) is 0.848. The Labute approximate surface area is 216 Å². The third kappa shape index (κ3) is 4.08. The highest BCUT2D eigenvalue weighted by Crippen LogP contribution is 2.72. The van der Waals surface area contributed by atoms with Crippen molar-refractivity contribution in [2.24, 2.45) is 39.4 Å². The van der Waals surface area contributed by atoms with E-state index in [2.05, 4.69) is 61.5 Å². The van der Waals surface area contributed by atoms with Crippen molar-refractivity contribution in [2.45, 2.75) is 139 Å². The molecule has 4 aliphatic rings. The van der Waals surface area contributed by atoms with Gasteiger partial charge in [-0.3, -0.25) is 4.79 Å². The molecule has 0 aromatic carbocycles. The molecule has 0 N–H and O–H groups in total. The first kappa shape index (κ1) is 27.0. The lowest BCUT2D eigenvalue weighted by Crippen LogP contribution is -2.55. The molecule has 2 heteroatoms. The highest BCUT2D eigenvalue weighted by atomic mass is 16.5. The van der Waals surface area contributed by atoms with Gasteiger partial charge in [-0.2, -0.15) is 0 Å². The van der Waals surface area contributed by atoms with E-state index in [0.717, 1.165) is 18.3 Å². The van der Waals surface area contributed by atoms with Gasteiger partial charge in [-0.15, -0.1) is 0 Å². The average molecular weight is 483 g/mol. The third-order valence-electron chi connectivity index (χ3n) is 12.5. The molecule has 0 heterocycles. The van der Waals surface area contributed by atoms with E-state index in [1.54, 1.807) is 12.5 Å². The summed E-state index contributed by atoms with van der Waals surface area (Å²) in [4.78, 5) is 11.8. The molecule has 2 fully saturated rings. The van der Waals surface area contributed by atoms with Crippen molar-refractivity contribution in [3.05, 3.63) is 22.8 Å². The van der Waals surface area contributed by atoms with Gasteiger partial charge < -0.3 is 4.74 Å². The molecule has 35 heavy (non-hydrogen) atoms. The predicted octanol–water partition coefficient (Wildman–Crippen LogP) is 9.44. The van der Waals surface area contributed by atoms with Crippen LogP contribution in [0.3, 0.4) is 0 Å². The molecule has 0 bridgehead atoms. The monoisotopic (exact) mass is 482 g/mol. The van der Waals surface area contributed by atoms with Gasteiger partial charge in [0, 0.05) is 12.3 Å². The van der Waals surface area contributed by atoms with E-state index in [1.165, 1.54) is 64.2 Å². The number of rotatable bonds is 6. The van der Waals surface area contributed by atoms with Crippen molar-refractivity contribution in [1.29, 1.82) is 0 Å². The van der Waals surface area contributed by atoms with Crippen LogP contribution in [0.25, 0.3) is 0 Å². The van der Waals surface area contributed by atoms with Crippen LogP contribution in [0.1, 0.15) is 133 Å². The van der Waals surface area contributed by atoms with E-state index in [9.17, 15) is 4.79 Å². The van der Waals surface area contributed by atoms with Crippen molar-refractivity contribution in [1.82, 2.24) is 0 Å². The first-order valence-corrected chi connectivity index (χ1v) is 14.9. The second kappa shape index (κ2) is 9.36. The van der Waals surface area contributed by atoms with Gasteiger partial charge in [-0.05, 0) is 112 Å². The van der Waals surface area contributed by atoms with Gasteiger partial charge in [0.2, 0.25) is 0 Å². The minimum atomic E-state index is -0.116. The molecule has 198 valence electrons. The van der Waals surface area contributed by atoms with Crippen molar-refractivity contribution in [3.63, 3.8) is 0 Å². The maximum absolute atomic E-state index is 11.8. The molecule has 0 saturated heterocycles. The van der Waals surface area contributed by atoms with Crippen LogP contribution in [0.2, 0.25) is 0 Å². The van der Waals surface area contributed by atoms with E-state index in [1.807, 2.05) is 11.1 Å². The average Bonchev–Trinajstić information content (AvgIpc) is 3.07. The van der Waals surface area contributed by atoms with Crippen LogP contribution in [0.5, 0.6) is 0 Å². The van der Waals surface area contributed by atoms with Gasteiger partial charge in [0.05, 0.1) is 0 Å². The molecule has 0 aromatic rings. The Hall–Kier alpha value is -1.05. The number of hydrogen-bond acceptors (Lipinski definition) is 2. The molecule has 0 radical (unpaired) electrons. The number of allylic oxidation sites excluding steroid dienone is 4. The van der Waals surface area contributed by atoms with Crippen LogP contribution < -0.4 is 0 Å². The molecular weight excluding hydrogens is 428 g/mol. The van der Waals surface area contributed by atoms with Crippen LogP contribution in [-0.4, -0.2) is 12.1 Å². The minimum Gasteiger partial charge on any atom is -0.462 e. The molecule has 7 atom stereocenters. The van der Waals surface area contributed by atoms with E-state index >= 15 is 0 Å². The molecule has 2 nitrogen and oxygen atoms in total. The number of fused-ring (bicyclic) bond motifs is 4. The number of hydrogen-bond donors (Lipinski definition) is 0. The summed E-state index contributed by atoms with van der Waals surface area (Å²) in [6, 6.07) is 0. The molecule has 4 rings (SSSR count). The van der Waals surface area contributed by atoms with Crippen molar-refractivity contribution < 1.29 is 9.53 Å². The van der Waals surface area contributed by atoms with Crippen LogP contribution in [0.15, 0.2) is 22.8 Å². The second-order valence-corrected chi connectivity index (χ2v) is 14.1. The van der Waals surface area contributed by atoms with Crippen molar-refractivity contribution >= 4 is 5.97 Å². The smallest absolute Gasteiger partial charge is 0.302 e. The number of carbonyl (C=O) groups is 1. The SMILES string of the molecule is C/C=C(\CC)CC[C@H](C)C1CC[C@@]2(C)C3=C(CC[C@]12C)[C@@]1(C)CC[C@H](OC(C)=O)C(C)(C)C1CC3. The quantitative estimate of drug-likeness (QED) is 0.278. The summed E-state index contributed by atoms with van der Waals surface area (Å²) in [6.07, 6.45) is 16.4. The Morgan fingerprint density at radius 2 is 1.74 bits per heavy atom. The Morgan fingerprint density at radius 3 is 2.37 bits per heavy atom. The Kier molecular flexibility index (Phi) is 7.22. The summed E-state index contributed by atoms with van der Waals surface area (Å²) in [6.45, 7) is 21.3. The number of carbonyl (C=O) groups excluding carboxylic acids is 1. The van der Waals surface area contributed by atoms with Crippen LogP contribution >= 0.6 is 0 Å². The molecule has 2 unspecified atom stereocenters. The van der Waals surface area contributed by atoms with E-state index in [0.29, 0.717) is 16.7 Å². The predicted molar refractivity (Wildman–Crippen MR) is 147 cm³/mol. The summed E-state index contributed by atoms with van der Waals surface area (Å²) in [7, 11) is 0. The lowest BCUT2D eigenvalue weighted by molar-refractivity contribution is -0.167. The summed E-state index contributed by atoms with van der Waals surface area (Å²) in [5, 5.41) is 0. The topological polar surface area (TPSA) is 26.3 Å². The molecule has 0 aromatic heterocycles. The Morgan fingerprint density at radius 1 is 1.03 bits per heavy atom. The standard InChI is InChI=1S/C33H54O2/c1-10-24(11-2)13-12-22(3)25-16-20-33(9)27-14-15-28-30(5,6)29(35-23(4)34)18-19-31(28,7)26(27)17-21-32(25,33)8/h10,22,25,28-29H,11-21H2,1-9H3/b24-10+/t22-,25?,28?,29-,31+,32+,33-/m0/s1. The molecule has 4 aliphatic carbocycles. The third-order valence-corrected chi connectivity index (χ3v) is 12.5. The number of esters is 1. The summed E-state index contributed by atoms with van der Waals surface area (Å²) < 4.78 is 5.88. The highest BCUT2D eigenvalue weighted by Gasteiger charge is 2.63. The highest BCUT2D eigenvalue weighted by molar-refractivity contribution is 5.66. The largest absolute Gasteiger partial charge is 0.462 e. The van der Waals surface area contributed by atoms with Gasteiger partial charge in [0.1, 0.15) is 6.10 Å². The van der Waals surface area contributed by atoms with Crippen molar-refractivity contribution in [3.8, 4) is 0 Å². The maximum Gasteiger partial charge on any atom is 0.302 e. The van der Waals surface area contributed by atoms with Gasteiger partial charge in [0.25, 0.3) is 0 Å². The normalized spacial score (nSPS) is 41.6. The van der Waals surface area contributed by atoms with Gasteiger partial charge >= 0.3 is 5.97 Å². The molecule has 0 amide bonds. The molecule has 0 spiro atoms. The second-order valence-electron chi connectivity index (χ2n) is 14.1. The fourth-order valence-electron chi connectivity index (χ4n) is 10.2. The van der Waals surface area contributed by atoms with Crippen LogP contribution in [0, 0.1) is 39.4 Å². The lowest BCUT2D eigenvalue weighted by Gasteiger charge is -2.62. The Balaban J connectivity index is 1.61. The molecule has 2 saturated carbocycles. The summed E-state index contributed by atoms with van der Waals surface area (Å²) >= 11 is 0. The van der Waals surface area contributed by atoms with Gasteiger partial charge in [-0.1, -0.05) is 71.3 Å². The maximum atomic E-state index is 11.8.